The molecule has 0 radical (unpaired) electrons. The van der Waals surface area contributed by atoms with Crippen molar-refractivity contribution in [1.29, 1.82) is 0 Å². The molecule has 26 heavy (non-hydrogen) atoms. The predicted molar refractivity (Wildman–Crippen MR) is 95.9 cm³/mol. The van der Waals surface area contributed by atoms with Gasteiger partial charge in [0.25, 0.3) is 5.91 Å². The van der Waals surface area contributed by atoms with E-state index in [2.05, 4.69) is 10.3 Å². The summed E-state index contributed by atoms with van der Waals surface area (Å²) in [4.78, 5) is 16.6. The van der Waals surface area contributed by atoms with Gasteiger partial charge in [-0.3, -0.25) is 4.79 Å². The molecule has 6 nitrogen and oxygen atoms in total. The number of aliphatic hydroxyl groups is 1. The van der Waals surface area contributed by atoms with E-state index < -0.39 is 12.1 Å². The van der Waals surface area contributed by atoms with Crippen LogP contribution in [0.25, 0.3) is 0 Å². The SMILES string of the molecule is O=C(N[C@H]1c2ccccc2OC[C@H]1O)c1ccc(Cn2ccnc2)cc1. The van der Waals surface area contributed by atoms with E-state index in [-0.39, 0.29) is 12.5 Å². The molecule has 1 aromatic heterocycles. The van der Waals surface area contributed by atoms with Crippen LogP contribution in [0, 0.1) is 0 Å². The minimum atomic E-state index is -0.783. The summed E-state index contributed by atoms with van der Waals surface area (Å²) in [5, 5.41) is 13.2. The van der Waals surface area contributed by atoms with Gasteiger partial charge in [0.2, 0.25) is 0 Å². The van der Waals surface area contributed by atoms with Crippen molar-refractivity contribution in [3.05, 3.63) is 83.9 Å². The molecule has 0 aliphatic carbocycles. The lowest BCUT2D eigenvalue weighted by Crippen LogP contribution is -2.41. The van der Waals surface area contributed by atoms with Gasteiger partial charge in [-0.2, -0.15) is 0 Å². The summed E-state index contributed by atoms with van der Waals surface area (Å²) in [6, 6.07) is 14.4. The van der Waals surface area contributed by atoms with Crippen molar-refractivity contribution in [3.63, 3.8) is 0 Å². The van der Waals surface area contributed by atoms with Gasteiger partial charge in [-0.05, 0) is 23.8 Å². The van der Waals surface area contributed by atoms with Crippen LogP contribution < -0.4 is 10.1 Å². The standard InChI is InChI=1S/C20H19N3O3/c24-17-12-26-18-4-2-1-3-16(18)19(17)22-20(25)15-7-5-14(6-8-15)11-23-10-9-21-13-23/h1-10,13,17,19,24H,11-12H2,(H,22,25)/t17-,19+/m1/s1. The number of carbonyl (C=O) groups excluding carboxylic acids is 1. The second kappa shape index (κ2) is 7.01. The maximum atomic E-state index is 12.6. The number of nitrogens with one attached hydrogen (secondary N) is 1. The van der Waals surface area contributed by atoms with Gasteiger partial charge in [-0.15, -0.1) is 0 Å². The Balaban J connectivity index is 1.48. The molecule has 2 heterocycles. The third-order valence-corrected chi connectivity index (χ3v) is 4.48. The van der Waals surface area contributed by atoms with E-state index in [0.717, 1.165) is 11.1 Å². The zero-order chi connectivity index (χ0) is 17.9. The monoisotopic (exact) mass is 349 g/mol. The number of fused-ring (bicyclic) bond motifs is 1. The van der Waals surface area contributed by atoms with Crippen LogP contribution in [0.2, 0.25) is 0 Å². The number of para-hydroxylation sites is 1. The largest absolute Gasteiger partial charge is 0.490 e. The molecule has 1 amide bonds. The first kappa shape index (κ1) is 16.4. The van der Waals surface area contributed by atoms with Crippen LogP contribution in [0.3, 0.4) is 0 Å². The molecule has 1 aliphatic heterocycles. The highest BCUT2D eigenvalue weighted by atomic mass is 16.5. The Morgan fingerprint density at radius 2 is 2.04 bits per heavy atom. The molecule has 0 saturated carbocycles. The second-order valence-corrected chi connectivity index (χ2v) is 6.30. The van der Waals surface area contributed by atoms with Crippen LogP contribution in [-0.2, 0) is 6.54 Å². The van der Waals surface area contributed by atoms with Gasteiger partial charge in [0.05, 0.1) is 12.4 Å². The Morgan fingerprint density at radius 3 is 2.81 bits per heavy atom. The number of amides is 1. The molecule has 0 fully saturated rings. The first-order chi connectivity index (χ1) is 12.7. The van der Waals surface area contributed by atoms with Crippen molar-refractivity contribution in [3.8, 4) is 5.75 Å². The van der Waals surface area contributed by atoms with Crippen LogP contribution in [-0.4, -0.2) is 33.3 Å². The fourth-order valence-electron chi connectivity index (χ4n) is 3.10. The number of benzene rings is 2. The molecule has 132 valence electrons. The van der Waals surface area contributed by atoms with Crippen LogP contribution in [0.5, 0.6) is 5.75 Å². The van der Waals surface area contributed by atoms with Crippen molar-refractivity contribution in [1.82, 2.24) is 14.9 Å². The van der Waals surface area contributed by atoms with E-state index in [1.54, 1.807) is 24.7 Å². The predicted octanol–water partition coefficient (Wildman–Crippen LogP) is 2.16. The number of hydrogen-bond donors (Lipinski definition) is 2. The molecule has 2 aromatic carbocycles. The van der Waals surface area contributed by atoms with Crippen molar-refractivity contribution in [2.45, 2.75) is 18.7 Å². The molecule has 2 atom stereocenters. The van der Waals surface area contributed by atoms with E-state index in [4.69, 9.17) is 4.74 Å². The van der Waals surface area contributed by atoms with E-state index >= 15 is 0 Å². The number of hydrogen-bond acceptors (Lipinski definition) is 4. The minimum Gasteiger partial charge on any atom is -0.490 e. The number of aliphatic hydroxyl groups excluding tert-OH is 1. The third-order valence-electron chi connectivity index (χ3n) is 4.48. The van der Waals surface area contributed by atoms with Gasteiger partial charge in [0, 0.05) is 30.1 Å². The quantitative estimate of drug-likeness (QED) is 0.757. The highest BCUT2D eigenvalue weighted by Gasteiger charge is 2.30. The summed E-state index contributed by atoms with van der Waals surface area (Å²) in [5.41, 5.74) is 2.42. The fraction of sp³-hybridized carbons (Fsp3) is 0.200. The van der Waals surface area contributed by atoms with Gasteiger partial charge >= 0.3 is 0 Å². The van der Waals surface area contributed by atoms with Crippen molar-refractivity contribution >= 4 is 5.91 Å². The highest BCUT2D eigenvalue weighted by Crippen LogP contribution is 2.32. The van der Waals surface area contributed by atoms with Crippen LogP contribution in [0.1, 0.15) is 27.5 Å². The summed E-state index contributed by atoms with van der Waals surface area (Å²) in [5.74, 6) is 0.471. The summed E-state index contributed by atoms with van der Waals surface area (Å²) in [6.45, 7) is 0.861. The average Bonchev–Trinajstić information content (AvgIpc) is 3.17. The van der Waals surface area contributed by atoms with E-state index in [0.29, 0.717) is 17.9 Å². The van der Waals surface area contributed by atoms with Crippen LogP contribution in [0.15, 0.2) is 67.3 Å². The first-order valence-electron chi connectivity index (χ1n) is 8.46. The number of ether oxygens (including phenoxy) is 1. The van der Waals surface area contributed by atoms with Gasteiger partial charge in [-0.1, -0.05) is 30.3 Å². The first-order valence-corrected chi connectivity index (χ1v) is 8.46. The molecule has 0 unspecified atom stereocenters. The van der Waals surface area contributed by atoms with E-state index in [1.165, 1.54) is 0 Å². The maximum Gasteiger partial charge on any atom is 0.251 e. The van der Waals surface area contributed by atoms with E-state index in [9.17, 15) is 9.90 Å². The number of imidazole rings is 1. The molecule has 0 saturated heterocycles. The number of nitrogens with zero attached hydrogens (tertiary/aromatic N) is 2. The lowest BCUT2D eigenvalue weighted by molar-refractivity contribution is 0.0502. The van der Waals surface area contributed by atoms with Crippen molar-refractivity contribution < 1.29 is 14.6 Å². The molecular weight excluding hydrogens is 330 g/mol. The average molecular weight is 349 g/mol. The summed E-state index contributed by atoms with van der Waals surface area (Å²) < 4.78 is 7.47. The zero-order valence-electron chi connectivity index (χ0n) is 14.1. The number of aromatic nitrogens is 2. The molecule has 4 rings (SSSR count). The normalized spacial score (nSPS) is 18.7. The molecule has 2 N–H and O–H groups in total. The molecule has 6 heteroatoms. The van der Waals surface area contributed by atoms with Gasteiger partial charge in [-0.25, -0.2) is 4.98 Å². The van der Waals surface area contributed by atoms with Gasteiger partial charge < -0.3 is 19.7 Å². The molecule has 0 spiro atoms. The highest BCUT2D eigenvalue weighted by molar-refractivity contribution is 5.94. The number of rotatable bonds is 4. The lowest BCUT2D eigenvalue weighted by atomic mass is 9.97. The topological polar surface area (TPSA) is 76.4 Å². The Labute approximate surface area is 151 Å². The minimum absolute atomic E-state index is 0.159. The van der Waals surface area contributed by atoms with Crippen LogP contribution in [0.4, 0.5) is 0 Å². The Kier molecular flexibility index (Phi) is 4.41. The Morgan fingerprint density at radius 1 is 1.23 bits per heavy atom. The van der Waals surface area contributed by atoms with Crippen molar-refractivity contribution in [2.24, 2.45) is 0 Å². The summed E-state index contributed by atoms with van der Waals surface area (Å²) in [6.07, 6.45) is 4.60. The lowest BCUT2D eigenvalue weighted by Gasteiger charge is -2.31. The zero-order valence-corrected chi connectivity index (χ0v) is 14.1. The van der Waals surface area contributed by atoms with E-state index in [1.807, 2.05) is 47.2 Å². The van der Waals surface area contributed by atoms with Crippen LogP contribution >= 0.6 is 0 Å². The molecular formula is C20H19N3O3. The number of carbonyl (C=O) groups is 1. The Bertz CT molecular complexity index is 891. The van der Waals surface area contributed by atoms with Crippen molar-refractivity contribution in [2.75, 3.05) is 6.61 Å². The summed E-state index contributed by atoms with van der Waals surface area (Å²) in [7, 11) is 0. The second-order valence-electron chi connectivity index (χ2n) is 6.30. The van der Waals surface area contributed by atoms with Gasteiger partial charge in [0.15, 0.2) is 0 Å². The molecule has 1 aliphatic rings. The summed E-state index contributed by atoms with van der Waals surface area (Å²) >= 11 is 0. The smallest absolute Gasteiger partial charge is 0.251 e. The maximum absolute atomic E-state index is 12.6. The Hall–Kier alpha value is -3.12. The third kappa shape index (κ3) is 3.32. The molecule has 3 aromatic rings. The molecule has 0 bridgehead atoms. The fourth-order valence-corrected chi connectivity index (χ4v) is 3.10. The van der Waals surface area contributed by atoms with Gasteiger partial charge in [0.1, 0.15) is 18.5 Å².